The lowest BCUT2D eigenvalue weighted by Crippen LogP contribution is -2.54. The highest BCUT2D eigenvalue weighted by molar-refractivity contribution is 5.89. The molecule has 0 aliphatic carbocycles. The van der Waals surface area contributed by atoms with Gasteiger partial charge in [-0.1, -0.05) is 0 Å². The number of aliphatic imine (C=N–C) groups is 1. The van der Waals surface area contributed by atoms with E-state index in [0.717, 1.165) is 0 Å². The first kappa shape index (κ1) is 18.9. The molecule has 3 N–H and O–H groups in total. The molecule has 0 aromatic carbocycles. The molecular weight excluding hydrogens is 320 g/mol. The summed E-state index contributed by atoms with van der Waals surface area (Å²) in [6.07, 6.45) is 10.4. The van der Waals surface area contributed by atoms with Gasteiger partial charge in [-0.25, -0.2) is 0 Å². The maximum Gasteiger partial charge on any atom is 0.0474 e. The average molecular weight is 361 g/mol. The Kier molecular flexibility index (Phi) is 5.73. The minimum atomic E-state index is 0.526. The molecule has 0 saturated carbocycles. The maximum atomic E-state index is 5.18. The fraction of sp³-hybridized carbons (Fsp3) is 0.955. The summed E-state index contributed by atoms with van der Waals surface area (Å²) in [7, 11) is 0. The second-order valence-electron chi connectivity index (χ2n) is 9.87. The Morgan fingerprint density at radius 2 is 1.19 bits per heavy atom. The molecule has 0 aromatic rings. The highest BCUT2D eigenvalue weighted by Crippen LogP contribution is 2.39. The van der Waals surface area contributed by atoms with E-state index in [1.807, 2.05) is 0 Å². The van der Waals surface area contributed by atoms with E-state index in [1.165, 1.54) is 57.1 Å². The molecule has 3 fully saturated rings. The minimum Gasteiger partial charge on any atom is -0.311 e. The molecule has 4 heteroatoms. The summed E-state index contributed by atoms with van der Waals surface area (Å²) in [5, 5.41) is 11.9. The number of rotatable bonds is 5. The van der Waals surface area contributed by atoms with Crippen LogP contribution < -0.4 is 16.0 Å². The SMILES string of the molecule is CC1CCC(C(C2CCC(C)N2)C(C2CCC(C)N2)C2CCC(C)N2)=N1. The lowest BCUT2D eigenvalue weighted by Gasteiger charge is -2.40. The zero-order chi connectivity index (χ0) is 18.3. The smallest absolute Gasteiger partial charge is 0.0474 e. The summed E-state index contributed by atoms with van der Waals surface area (Å²) < 4.78 is 0. The van der Waals surface area contributed by atoms with E-state index in [0.29, 0.717) is 54.1 Å². The predicted molar refractivity (Wildman–Crippen MR) is 110 cm³/mol. The summed E-state index contributed by atoms with van der Waals surface area (Å²) in [5.41, 5.74) is 1.54. The zero-order valence-electron chi connectivity index (χ0n) is 17.3. The fourth-order valence-corrected chi connectivity index (χ4v) is 6.30. The van der Waals surface area contributed by atoms with Crippen LogP contribution in [-0.4, -0.2) is 48.0 Å². The Morgan fingerprint density at radius 1 is 0.692 bits per heavy atom. The van der Waals surface area contributed by atoms with Gasteiger partial charge < -0.3 is 16.0 Å². The first-order chi connectivity index (χ1) is 12.5. The van der Waals surface area contributed by atoms with Gasteiger partial charge in [-0.2, -0.15) is 0 Å². The van der Waals surface area contributed by atoms with Crippen LogP contribution in [0.15, 0.2) is 4.99 Å². The Bertz CT molecular complexity index is 498. The summed E-state index contributed by atoms with van der Waals surface area (Å²) >= 11 is 0. The third-order valence-electron chi connectivity index (χ3n) is 7.59. The lowest BCUT2D eigenvalue weighted by molar-refractivity contribution is 0.212. The second kappa shape index (κ2) is 7.89. The summed E-state index contributed by atoms with van der Waals surface area (Å²) in [6.45, 7) is 9.39. The summed E-state index contributed by atoms with van der Waals surface area (Å²) in [6, 6.07) is 4.44. The van der Waals surface area contributed by atoms with Gasteiger partial charge in [-0.3, -0.25) is 4.99 Å². The van der Waals surface area contributed by atoms with Gasteiger partial charge in [0.2, 0.25) is 0 Å². The number of nitrogens with one attached hydrogen (secondary N) is 3. The molecule has 26 heavy (non-hydrogen) atoms. The summed E-state index contributed by atoms with van der Waals surface area (Å²) in [4.78, 5) is 5.18. The van der Waals surface area contributed by atoms with Crippen LogP contribution in [0.1, 0.15) is 79.1 Å². The van der Waals surface area contributed by atoms with Gasteiger partial charge in [-0.05, 0) is 85.0 Å². The number of nitrogens with zero attached hydrogens (tertiary/aromatic N) is 1. The average Bonchev–Trinajstić information content (AvgIpc) is 3.36. The third kappa shape index (κ3) is 3.88. The predicted octanol–water partition coefficient (Wildman–Crippen LogP) is 3.26. The molecular formula is C22H40N4. The number of hydrogen-bond donors (Lipinski definition) is 3. The monoisotopic (exact) mass is 360 g/mol. The first-order valence-electron chi connectivity index (χ1n) is 11.4. The Morgan fingerprint density at radius 3 is 1.58 bits per heavy atom. The van der Waals surface area contributed by atoms with E-state index in [2.05, 4.69) is 43.6 Å². The van der Waals surface area contributed by atoms with Gasteiger partial charge in [0.15, 0.2) is 0 Å². The van der Waals surface area contributed by atoms with Gasteiger partial charge in [0, 0.05) is 53.9 Å². The molecule has 3 saturated heterocycles. The van der Waals surface area contributed by atoms with Crippen molar-refractivity contribution in [1.29, 1.82) is 0 Å². The van der Waals surface area contributed by atoms with Crippen molar-refractivity contribution in [3.05, 3.63) is 0 Å². The molecule has 0 amide bonds. The Labute approximate surface area is 160 Å². The van der Waals surface area contributed by atoms with Gasteiger partial charge in [0.25, 0.3) is 0 Å². The molecule has 4 rings (SSSR count). The van der Waals surface area contributed by atoms with Crippen LogP contribution in [0, 0.1) is 11.8 Å². The van der Waals surface area contributed by atoms with Crippen LogP contribution in [0.2, 0.25) is 0 Å². The highest BCUT2D eigenvalue weighted by Gasteiger charge is 2.46. The quantitative estimate of drug-likeness (QED) is 0.705. The van der Waals surface area contributed by atoms with Crippen LogP contribution in [0.4, 0.5) is 0 Å². The highest BCUT2D eigenvalue weighted by atomic mass is 15.1. The molecule has 0 radical (unpaired) electrons. The van der Waals surface area contributed by atoms with Crippen LogP contribution >= 0.6 is 0 Å². The van der Waals surface area contributed by atoms with Crippen LogP contribution in [0.3, 0.4) is 0 Å². The van der Waals surface area contributed by atoms with Gasteiger partial charge >= 0.3 is 0 Å². The van der Waals surface area contributed by atoms with Gasteiger partial charge in [-0.15, -0.1) is 0 Å². The molecule has 4 nitrogen and oxygen atoms in total. The molecule has 8 atom stereocenters. The zero-order valence-corrected chi connectivity index (χ0v) is 17.3. The van der Waals surface area contributed by atoms with Crippen molar-refractivity contribution in [1.82, 2.24) is 16.0 Å². The summed E-state index contributed by atoms with van der Waals surface area (Å²) in [5.74, 6) is 1.28. The van der Waals surface area contributed by atoms with E-state index in [4.69, 9.17) is 4.99 Å². The van der Waals surface area contributed by atoms with Crippen LogP contribution in [-0.2, 0) is 0 Å². The fourth-order valence-electron chi connectivity index (χ4n) is 6.30. The largest absolute Gasteiger partial charge is 0.311 e. The molecule has 148 valence electrons. The molecule has 4 aliphatic rings. The van der Waals surface area contributed by atoms with E-state index in [1.54, 1.807) is 0 Å². The van der Waals surface area contributed by atoms with Crippen molar-refractivity contribution in [2.24, 2.45) is 16.8 Å². The van der Waals surface area contributed by atoms with E-state index < -0.39 is 0 Å². The third-order valence-corrected chi connectivity index (χ3v) is 7.59. The van der Waals surface area contributed by atoms with E-state index >= 15 is 0 Å². The van der Waals surface area contributed by atoms with Crippen molar-refractivity contribution in [2.45, 2.75) is 121 Å². The van der Waals surface area contributed by atoms with E-state index in [9.17, 15) is 0 Å². The maximum absolute atomic E-state index is 5.18. The van der Waals surface area contributed by atoms with Crippen molar-refractivity contribution in [3.8, 4) is 0 Å². The molecule has 0 bridgehead atoms. The minimum absolute atomic E-state index is 0.526. The topological polar surface area (TPSA) is 48.4 Å². The standard InChI is InChI=1S/C22H40N4/c1-13-5-9-17(23-13)21(18-10-6-14(2)24-18)22(19-11-7-15(3)25-19)20-12-8-16(4)26-20/h13-19,21-25H,5-12H2,1-4H3. The van der Waals surface area contributed by atoms with Gasteiger partial charge in [0.05, 0.1) is 0 Å². The first-order valence-corrected chi connectivity index (χ1v) is 11.4. The van der Waals surface area contributed by atoms with Crippen molar-refractivity contribution in [2.75, 3.05) is 0 Å². The Balaban J connectivity index is 1.64. The Hall–Kier alpha value is -0.450. The van der Waals surface area contributed by atoms with Crippen molar-refractivity contribution >= 4 is 5.71 Å². The van der Waals surface area contributed by atoms with Crippen molar-refractivity contribution in [3.63, 3.8) is 0 Å². The lowest BCUT2D eigenvalue weighted by atomic mass is 9.72. The van der Waals surface area contributed by atoms with Crippen LogP contribution in [0.25, 0.3) is 0 Å². The molecule has 0 aromatic heterocycles. The van der Waals surface area contributed by atoms with Crippen LogP contribution in [0.5, 0.6) is 0 Å². The molecule has 8 unspecified atom stereocenters. The van der Waals surface area contributed by atoms with Crippen molar-refractivity contribution < 1.29 is 0 Å². The molecule has 0 spiro atoms. The molecule has 4 aliphatic heterocycles. The normalized spacial score (nSPS) is 45.8. The molecule has 4 heterocycles. The van der Waals surface area contributed by atoms with Gasteiger partial charge in [0.1, 0.15) is 0 Å². The van der Waals surface area contributed by atoms with E-state index in [-0.39, 0.29) is 0 Å². The number of hydrogen-bond acceptors (Lipinski definition) is 4. The second-order valence-corrected chi connectivity index (χ2v) is 9.87.